The van der Waals surface area contributed by atoms with Crippen molar-refractivity contribution in [2.75, 3.05) is 45.8 Å². The summed E-state index contributed by atoms with van der Waals surface area (Å²) in [7, 11) is 0. The minimum absolute atomic E-state index is 0.880. The minimum Gasteiger partial charge on any atom is -0.317 e. The van der Waals surface area contributed by atoms with Crippen LogP contribution < -0.4 is 5.32 Å². The molecule has 0 spiro atoms. The Hall–Kier alpha value is -0.120. The number of hydrogen-bond donors (Lipinski definition) is 1. The van der Waals surface area contributed by atoms with E-state index in [1.165, 1.54) is 84.3 Å². The Bertz CT molecular complexity index is 220. The highest BCUT2D eigenvalue weighted by atomic mass is 15.3. The molecular formula is C15H31N3. The fraction of sp³-hybridized carbons (Fsp3) is 1.00. The molecule has 2 saturated heterocycles. The highest BCUT2D eigenvalue weighted by Gasteiger charge is 2.28. The van der Waals surface area contributed by atoms with Gasteiger partial charge in [0.1, 0.15) is 0 Å². The average molecular weight is 253 g/mol. The van der Waals surface area contributed by atoms with Crippen molar-refractivity contribution in [2.24, 2.45) is 0 Å². The van der Waals surface area contributed by atoms with Crippen molar-refractivity contribution in [3.63, 3.8) is 0 Å². The van der Waals surface area contributed by atoms with E-state index in [9.17, 15) is 0 Å². The van der Waals surface area contributed by atoms with Crippen molar-refractivity contribution in [1.82, 2.24) is 15.1 Å². The number of unbranched alkanes of at least 4 members (excludes halogenated alkanes) is 1. The van der Waals surface area contributed by atoms with Gasteiger partial charge < -0.3 is 10.2 Å². The highest BCUT2D eigenvalue weighted by Crippen LogP contribution is 2.21. The summed E-state index contributed by atoms with van der Waals surface area (Å²) in [5.41, 5.74) is 0. The fourth-order valence-corrected chi connectivity index (χ4v) is 3.31. The third-order valence-electron chi connectivity index (χ3n) is 4.43. The topological polar surface area (TPSA) is 18.5 Å². The molecule has 0 radical (unpaired) electrons. The van der Waals surface area contributed by atoms with Gasteiger partial charge in [0.2, 0.25) is 0 Å². The lowest BCUT2D eigenvalue weighted by molar-refractivity contribution is 0.0487. The van der Waals surface area contributed by atoms with E-state index in [0.29, 0.717) is 0 Å². The van der Waals surface area contributed by atoms with Gasteiger partial charge in [-0.05, 0) is 58.3 Å². The van der Waals surface area contributed by atoms with Gasteiger partial charge in [-0.2, -0.15) is 0 Å². The van der Waals surface area contributed by atoms with Gasteiger partial charge in [0.05, 0.1) is 0 Å². The van der Waals surface area contributed by atoms with Gasteiger partial charge in [-0.25, -0.2) is 0 Å². The first-order valence-electron chi connectivity index (χ1n) is 8.07. The van der Waals surface area contributed by atoms with E-state index in [2.05, 4.69) is 22.0 Å². The number of piperidine rings is 1. The van der Waals surface area contributed by atoms with E-state index in [1.54, 1.807) is 0 Å². The van der Waals surface area contributed by atoms with Crippen LogP contribution in [0.2, 0.25) is 0 Å². The second kappa shape index (κ2) is 8.13. The molecule has 2 heterocycles. The first kappa shape index (κ1) is 14.3. The number of nitrogens with zero attached hydrogens (tertiary/aromatic N) is 2. The summed E-state index contributed by atoms with van der Waals surface area (Å²) in [6.07, 6.45) is 8.28. The van der Waals surface area contributed by atoms with Crippen molar-refractivity contribution >= 4 is 0 Å². The molecule has 3 nitrogen and oxygen atoms in total. The van der Waals surface area contributed by atoms with Gasteiger partial charge in [-0.15, -0.1) is 0 Å². The van der Waals surface area contributed by atoms with Crippen LogP contribution in [0.1, 0.15) is 45.4 Å². The number of rotatable bonds is 7. The summed E-state index contributed by atoms with van der Waals surface area (Å²) in [5.74, 6) is 0. The van der Waals surface area contributed by atoms with Gasteiger partial charge in [-0.3, -0.25) is 4.90 Å². The molecule has 0 aliphatic carbocycles. The lowest BCUT2D eigenvalue weighted by atomic mass is 9.99. The van der Waals surface area contributed by atoms with Gasteiger partial charge in [0.15, 0.2) is 0 Å². The molecule has 2 rings (SSSR count). The number of nitrogens with one attached hydrogen (secondary N) is 1. The predicted octanol–water partition coefficient (Wildman–Crippen LogP) is 1.94. The number of hydrogen-bond acceptors (Lipinski definition) is 3. The Morgan fingerprint density at radius 3 is 2.89 bits per heavy atom. The summed E-state index contributed by atoms with van der Waals surface area (Å²) in [6.45, 7) is 11.3. The lowest BCUT2D eigenvalue weighted by Crippen LogP contribution is -2.54. The maximum atomic E-state index is 3.49. The SMILES string of the molecule is CCCNCCCCN1CCN2CCCCC2C1. The summed E-state index contributed by atoms with van der Waals surface area (Å²) < 4.78 is 0. The van der Waals surface area contributed by atoms with Crippen LogP contribution in [-0.4, -0.2) is 61.7 Å². The van der Waals surface area contributed by atoms with Crippen LogP contribution in [0.15, 0.2) is 0 Å². The van der Waals surface area contributed by atoms with Crippen molar-refractivity contribution in [3.05, 3.63) is 0 Å². The van der Waals surface area contributed by atoms with Crippen LogP contribution in [0.3, 0.4) is 0 Å². The zero-order valence-electron chi connectivity index (χ0n) is 12.2. The largest absolute Gasteiger partial charge is 0.317 e. The zero-order valence-corrected chi connectivity index (χ0v) is 12.2. The second-order valence-corrected chi connectivity index (χ2v) is 5.94. The third-order valence-corrected chi connectivity index (χ3v) is 4.43. The molecule has 0 aromatic carbocycles. The van der Waals surface area contributed by atoms with Crippen LogP contribution in [0.5, 0.6) is 0 Å². The van der Waals surface area contributed by atoms with Crippen LogP contribution in [0.4, 0.5) is 0 Å². The molecule has 0 amide bonds. The second-order valence-electron chi connectivity index (χ2n) is 5.94. The molecule has 106 valence electrons. The molecule has 1 N–H and O–H groups in total. The first-order chi connectivity index (χ1) is 8.90. The monoisotopic (exact) mass is 253 g/mol. The van der Waals surface area contributed by atoms with Gasteiger partial charge in [0, 0.05) is 25.7 Å². The molecule has 3 heteroatoms. The van der Waals surface area contributed by atoms with Gasteiger partial charge >= 0.3 is 0 Å². The Labute approximate surface area is 113 Å². The molecule has 2 fully saturated rings. The first-order valence-corrected chi connectivity index (χ1v) is 8.07. The van der Waals surface area contributed by atoms with Crippen molar-refractivity contribution in [2.45, 2.75) is 51.5 Å². The summed E-state index contributed by atoms with van der Waals surface area (Å²) in [5, 5.41) is 3.49. The Kier molecular flexibility index (Phi) is 6.46. The molecule has 0 aromatic heterocycles. The van der Waals surface area contributed by atoms with E-state index in [-0.39, 0.29) is 0 Å². The maximum Gasteiger partial charge on any atom is 0.0223 e. The standard InChI is InChI=1S/C15H31N3/c1-2-8-16-9-4-6-10-17-12-13-18-11-5-3-7-15(18)14-17/h15-16H,2-14H2,1H3. The molecule has 18 heavy (non-hydrogen) atoms. The predicted molar refractivity (Wildman–Crippen MR) is 78.0 cm³/mol. The lowest BCUT2D eigenvalue weighted by Gasteiger charge is -2.44. The highest BCUT2D eigenvalue weighted by molar-refractivity contribution is 4.84. The maximum absolute atomic E-state index is 3.49. The van der Waals surface area contributed by atoms with Crippen molar-refractivity contribution in [3.8, 4) is 0 Å². The molecule has 2 aliphatic heterocycles. The third kappa shape index (κ3) is 4.52. The summed E-state index contributed by atoms with van der Waals surface area (Å²) in [6, 6.07) is 0.880. The zero-order chi connectivity index (χ0) is 12.6. The number of fused-ring (bicyclic) bond motifs is 1. The van der Waals surface area contributed by atoms with Crippen LogP contribution >= 0.6 is 0 Å². The van der Waals surface area contributed by atoms with E-state index >= 15 is 0 Å². The van der Waals surface area contributed by atoms with Gasteiger partial charge in [0.25, 0.3) is 0 Å². The normalized spacial score (nSPS) is 26.2. The fourth-order valence-electron chi connectivity index (χ4n) is 3.31. The van der Waals surface area contributed by atoms with Crippen LogP contribution in [0.25, 0.3) is 0 Å². The molecular weight excluding hydrogens is 222 g/mol. The minimum atomic E-state index is 0.880. The Morgan fingerprint density at radius 2 is 2.00 bits per heavy atom. The molecule has 0 saturated carbocycles. The Morgan fingerprint density at radius 1 is 1.06 bits per heavy atom. The van der Waals surface area contributed by atoms with Crippen molar-refractivity contribution in [1.29, 1.82) is 0 Å². The van der Waals surface area contributed by atoms with E-state index in [4.69, 9.17) is 0 Å². The molecule has 2 aliphatic rings. The Balaban J connectivity index is 1.54. The van der Waals surface area contributed by atoms with E-state index in [0.717, 1.165) is 6.04 Å². The molecule has 0 bridgehead atoms. The average Bonchev–Trinajstić information content (AvgIpc) is 2.42. The van der Waals surface area contributed by atoms with E-state index in [1.807, 2.05) is 0 Å². The van der Waals surface area contributed by atoms with Crippen LogP contribution in [-0.2, 0) is 0 Å². The molecule has 1 unspecified atom stereocenters. The van der Waals surface area contributed by atoms with Crippen LogP contribution in [0, 0.1) is 0 Å². The molecule has 1 atom stereocenters. The molecule has 0 aromatic rings. The van der Waals surface area contributed by atoms with Gasteiger partial charge in [-0.1, -0.05) is 13.3 Å². The summed E-state index contributed by atoms with van der Waals surface area (Å²) in [4.78, 5) is 5.43. The number of piperazine rings is 1. The smallest absolute Gasteiger partial charge is 0.0223 e. The quantitative estimate of drug-likeness (QED) is 0.700. The van der Waals surface area contributed by atoms with E-state index < -0.39 is 0 Å². The summed E-state index contributed by atoms with van der Waals surface area (Å²) >= 11 is 0. The van der Waals surface area contributed by atoms with Crippen molar-refractivity contribution < 1.29 is 0 Å².